The van der Waals surface area contributed by atoms with Crippen molar-refractivity contribution in [2.45, 2.75) is 32.1 Å². The van der Waals surface area contributed by atoms with Crippen LogP contribution in [0.5, 0.6) is 5.75 Å². The molecule has 0 saturated heterocycles. The van der Waals surface area contributed by atoms with Gasteiger partial charge in [0.05, 0.1) is 32.7 Å². The molecule has 0 spiro atoms. The first kappa shape index (κ1) is 25.7. The Hall–Kier alpha value is -2.90. The first-order valence-corrected chi connectivity index (χ1v) is 13.1. The number of nitrogens with zero attached hydrogens (tertiary/aromatic N) is 1. The van der Waals surface area contributed by atoms with Crippen molar-refractivity contribution in [3.8, 4) is 5.75 Å². The number of anilines is 1. The Labute approximate surface area is 230 Å². The highest BCUT2D eigenvalue weighted by Crippen LogP contribution is 2.56. The van der Waals surface area contributed by atoms with E-state index >= 15 is 0 Å². The van der Waals surface area contributed by atoms with E-state index in [0.717, 1.165) is 28.9 Å². The van der Waals surface area contributed by atoms with E-state index in [0.29, 0.717) is 32.1 Å². The molecule has 1 saturated carbocycles. The molecule has 1 fully saturated rings. The number of hydrogen-bond donors (Lipinski definition) is 3. The molecule has 1 heterocycles. The highest BCUT2D eigenvalue weighted by molar-refractivity contribution is 6.39. The molecule has 3 N–H and O–H groups in total. The van der Waals surface area contributed by atoms with Crippen molar-refractivity contribution in [3.05, 3.63) is 104 Å². The molecule has 1 aliphatic carbocycles. The van der Waals surface area contributed by atoms with Gasteiger partial charge >= 0.3 is 5.97 Å². The van der Waals surface area contributed by atoms with Crippen LogP contribution in [0, 0.1) is 5.92 Å². The normalized spacial score (nSPS) is 18.8. The molecule has 0 bridgehead atoms. The van der Waals surface area contributed by atoms with Gasteiger partial charge in [0.25, 0.3) is 0 Å². The Morgan fingerprint density at radius 3 is 2.43 bits per heavy atom. The second-order valence-electron chi connectivity index (χ2n) is 9.51. The van der Waals surface area contributed by atoms with E-state index in [-0.39, 0.29) is 24.4 Å². The van der Waals surface area contributed by atoms with E-state index in [9.17, 15) is 9.90 Å². The molecule has 3 aromatic carbocycles. The second-order valence-corrected chi connectivity index (χ2v) is 10.7. The van der Waals surface area contributed by atoms with Crippen LogP contribution in [-0.4, -0.2) is 17.7 Å². The van der Waals surface area contributed by atoms with E-state index in [1.165, 1.54) is 0 Å². The van der Waals surface area contributed by atoms with Gasteiger partial charge in [0.15, 0.2) is 0 Å². The molecular formula is C28H26Cl3N3O3. The van der Waals surface area contributed by atoms with Crippen molar-refractivity contribution in [2.24, 2.45) is 5.92 Å². The Balaban J connectivity index is 1.32. The Morgan fingerprint density at radius 2 is 1.76 bits per heavy atom. The molecule has 2 aliphatic rings. The monoisotopic (exact) mass is 557 g/mol. The maximum atomic E-state index is 11.3. The highest BCUT2D eigenvalue weighted by Gasteiger charge is 2.41. The molecular weight excluding hydrogens is 533 g/mol. The third-order valence-corrected chi connectivity index (χ3v) is 7.66. The number of aromatic carboxylic acids is 1. The van der Waals surface area contributed by atoms with Crippen LogP contribution >= 0.6 is 34.8 Å². The summed E-state index contributed by atoms with van der Waals surface area (Å²) in [7, 11) is 0. The summed E-state index contributed by atoms with van der Waals surface area (Å²) in [5.41, 5.74) is 11.2. The lowest BCUT2D eigenvalue weighted by molar-refractivity contribution is 0.0696. The number of benzene rings is 3. The van der Waals surface area contributed by atoms with Crippen molar-refractivity contribution in [1.29, 1.82) is 0 Å². The lowest BCUT2D eigenvalue weighted by atomic mass is 10.0. The number of carboxylic acids is 1. The summed E-state index contributed by atoms with van der Waals surface area (Å²) in [5.74, 6) is 0.437. The topological polar surface area (TPSA) is 73.8 Å². The fourth-order valence-corrected chi connectivity index (χ4v) is 5.63. The van der Waals surface area contributed by atoms with Crippen LogP contribution in [0.4, 0.5) is 5.69 Å². The Kier molecular flexibility index (Phi) is 7.28. The molecule has 6 nitrogen and oxygen atoms in total. The van der Waals surface area contributed by atoms with Gasteiger partial charge in [0, 0.05) is 5.02 Å². The van der Waals surface area contributed by atoms with Crippen LogP contribution in [-0.2, 0) is 0 Å². The molecule has 0 aromatic heterocycles. The second kappa shape index (κ2) is 10.5. The quantitative estimate of drug-likeness (QED) is 0.268. The SMILES string of the molecule is CC(C)C1=C(COc2ccc(C3CC3c3cccc(C(=O)O)c3)c(Cl)c2)N(c2c(Cl)cccc2Cl)NN1. The Bertz CT molecular complexity index is 1370. The molecule has 1 aliphatic heterocycles. The minimum atomic E-state index is -0.919. The number of ether oxygens (including phenoxy) is 1. The fourth-order valence-electron chi connectivity index (χ4n) is 4.75. The van der Waals surface area contributed by atoms with Gasteiger partial charge in [-0.1, -0.05) is 72.9 Å². The Morgan fingerprint density at radius 1 is 1.03 bits per heavy atom. The lowest BCUT2D eigenvalue weighted by Gasteiger charge is -2.23. The summed E-state index contributed by atoms with van der Waals surface area (Å²) >= 11 is 19.6. The summed E-state index contributed by atoms with van der Waals surface area (Å²) in [4.78, 5) is 11.3. The van der Waals surface area contributed by atoms with E-state index in [1.54, 1.807) is 36.4 Å². The highest BCUT2D eigenvalue weighted by atomic mass is 35.5. The van der Waals surface area contributed by atoms with Gasteiger partial charge in [-0.25, -0.2) is 4.79 Å². The molecule has 9 heteroatoms. The van der Waals surface area contributed by atoms with Crippen LogP contribution in [0.15, 0.2) is 72.1 Å². The van der Waals surface area contributed by atoms with Gasteiger partial charge in [0.1, 0.15) is 12.4 Å². The first-order chi connectivity index (χ1) is 17.7. The summed E-state index contributed by atoms with van der Waals surface area (Å²) < 4.78 is 6.18. The number of nitrogens with one attached hydrogen (secondary N) is 2. The molecule has 0 radical (unpaired) electrons. The van der Waals surface area contributed by atoms with E-state index in [4.69, 9.17) is 39.5 Å². The van der Waals surface area contributed by atoms with Gasteiger partial charge in [-0.15, -0.1) is 5.53 Å². The maximum Gasteiger partial charge on any atom is 0.335 e. The lowest BCUT2D eigenvalue weighted by Crippen LogP contribution is -2.39. The average Bonchev–Trinajstić information content (AvgIpc) is 3.54. The minimum Gasteiger partial charge on any atom is -0.487 e. The number of hydrazine groups is 2. The van der Waals surface area contributed by atoms with Crippen molar-refractivity contribution in [1.82, 2.24) is 11.0 Å². The maximum absolute atomic E-state index is 11.3. The summed E-state index contributed by atoms with van der Waals surface area (Å²) in [5, 5.41) is 12.8. The summed E-state index contributed by atoms with van der Waals surface area (Å²) in [6, 6.07) is 18.3. The standard InChI is InChI=1S/C28H26Cl3N3O3/c1-15(2)26-25(34(33-32-26)27-22(29)7-4-8-23(27)30)14-37-18-9-10-19(24(31)12-18)21-13-20(21)16-5-3-6-17(11-16)28(35)36/h3-12,15,20-21,32-33H,13-14H2,1-2H3,(H,35,36). The predicted octanol–water partition coefficient (Wildman–Crippen LogP) is 7.39. The molecule has 2 unspecified atom stereocenters. The molecule has 0 amide bonds. The fraction of sp³-hybridized carbons (Fsp3) is 0.250. The summed E-state index contributed by atoms with van der Waals surface area (Å²) in [6.07, 6.45) is 0.929. The van der Waals surface area contributed by atoms with Crippen molar-refractivity contribution in [3.63, 3.8) is 0 Å². The van der Waals surface area contributed by atoms with Crippen molar-refractivity contribution >= 4 is 46.5 Å². The number of halogens is 3. The molecule has 192 valence electrons. The number of carbonyl (C=O) groups is 1. The van der Waals surface area contributed by atoms with Crippen LogP contribution in [0.2, 0.25) is 15.1 Å². The number of hydrogen-bond acceptors (Lipinski definition) is 5. The smallest absolute Gasteiger partial charge is 0.335 e. The zero-order chi connectivity index (χ0) is 26.3. The van der Waals surface area contributed by atoms with Gasteiger partial charge in [0.2, 0.25) is 0 Å². The molecule has 5 rings (SSSR count). The van der Waals surface area contributed by atoms with Crippen molar-refractivity contribution in [2.75, 3.05) is 11.6 Å². The molecule has 2 atom stereocenters. The zero-order valence-electron chi connectivity index (χ0n) is 20.3. The van der Waals surface area contributed by atoms with E-state index < -0.39 is 5.97 Å². The van der Waals surface area contributed by atoms with Crippen LogP contribution in [0.3, 0.4) is 0 Å². The first-order valence-electron chi connectivity index (χ1n) is 12.0. The van der Waals surface area contributed by atoms with Gasteiger partial charge in [-0.3, -0.25) is 5.01 Å². The molecule has 3 aromatic rings. The molecule has 37 heavy (non-hydrogen) atoms. The number of carboxylic acid groups (broad SMARTS) is 1. The van der Waals surface area contributed by atoms with Crippen LogP contribution in [0.25, 0.3) is 0 Å². The number of allylic oxidation sites excluding steroid dienone is 1. The third-order valence-electron chi connectivity index (χ3n) is 6.72. The van der Waals surface area contributed by atoms with E-state index in [2.05, 4.69) is 24.8 Å². The van der Waals surface area contributed by atoms with Crippen molar-refractivity contribution < 1.29 is 14.6 Å². The van der Waals surface area contributed by atoms with E-state index in [1.807, 2.05) is 29.3 Å². The predicted molar refractivity (Wildman–Crippen MR) is 148 cm³/mol. The van der Waals surface area contributed by atoms with Gasteiger partial charge in [-0.2, -0.15) is 0 Å². The van der Waals surface area contributed by atoms with Crippen LogP contribution in [0.1, 0.15) is 53.6 Å². The van der Waals surface area contributed by atoms with Gasteiger partial charge < -0.3 is 15.3 Å². The number of rotatable bonds is 8. The summed E-state index contributed by atoms with van der Waals surface area (Å²) in [6.45, 7) is 4.44. The minimum absolute atomic E-state index is 0.203. The zero-order valence-corrected chi connectivity index (χ0v) is 22.5. The average molecular weight is 559 g/mol. The van der Waals surface area contributed by atoms with Gasteiger partial charge in [-0.05, 0) is 71.7 Å². The van der Waals surface area contributed by atoms with Crippen LogP contribution < -0.4 is 20.7 Å². The number of para-hydroxylation sites is 1. The third kappa shape index (κ3) is 5.25. The largest absolute Gasteiger partial charge is 0.487 e.